The molecule has 0 fully saturated rings. The number of anilines is 2. The molecule has 0 unspecified atom stereocenters. The van der Waals surface area contributed by atoms with E-state index in [0.29, 0.717) is 9.26 Å². The highest BCUT2D eigenvalue weighted by molar-refractivity contribution is 14.1. The molecule has 0 saturated carbocycles. The number of halogens is 2. The Kier molecular flexibility index (Phi) is 4.36. The molecule has 0 aliphatic heterocycles. The number of benzene rings is 2. The minimum Gasteiger partial charge on any atom is -0.308 e. The zero-order valence-electron chi connectivity index (χ0n) is 10.2. The molecular weight excluding hydrogens is 358 g/mol. The van der Waals surface area contributed by atoms with E-state index in [1.165, 1.54) is 18.2 Å². The lowest BCUT2D eigenvalue weighted by molar-refractivity contribution is 0.262. The van der Waals surface area contributed by atoms with E-state index in [1.54, 1.807) is 0 Å². The van der Waals surface area contributed by atoms with Crippen LogP contribution in [0.1, 0.15) is 5.56 Å². The molecule has 98 valence electrons. The summed E-state index contributed by atoms with van der Waals surface area (Å²) in [4.78, 5) is 11.8. The van der Waals surface area contributed by atoms with E-state index in [4.69, 9.17) is 0 Å². The smallest absolute Gasteiger partial charge is 0.308 e. The van der Waals surface area contributed by atoms with Crippen LogP contribution in [0.5, 0.6) is 0 Å². The number of urea groups is 1. The molecule has 2 aromatic carbocycles. The molecule has 19 heavy (non-hydrogen) atoms. The Hall–Kier alpha value is -1.63. The van der Waals surface area contributed by atoms with Crippen molar-refractivity contribution in [2.75, 3.05) is 10.6 Å². The summed E-state index contributed by atoms with van der Waals surface area (Å²) in [5, 5.41) is 5.41. The van der Waals surface area contributed by atoms with Crippen molar-refractivity contribution < 1.29 is 9.18 Å². The Morgan fingerprint density at radius 1 is 1.16 bits per heavy atom. The first-order chi connectivity index (χ1) is 9.04. The molecule has 0 saturated heterocycles. The van der Waals surface area contributed by atoms with E-state index in [1.807, 2.05) is 53.8 Å². The monoisotopic (exact) mass is 370 g/mol. The second kappa shape index (κ2) is 6.01. The number of carbonyl (C=O) groups excluding carboxylic acids is 1. The SMILES string of the molecule is Cc1cccc(NC(=O)Nc2ccc(F)cc2I)c1. The first-order valence-corrected chi connectivity index (χ1v) is 6.72. The van der Waals surface area contributed by atoms with Crippen molar-refractivity contribution in [3.8, 4) is 0 Å². The zero-order chi connectivity index (χ0) is 13.8. The zero-order valence-corrected chi connectivity index (χ0v) is 12.4. The summed E-state index contributed by atoms with van der Waals surface area (Å²) >= 11 is 1.97. The third-order valence-electron chi connectivity index (χ3n) is 2.46. The molecule has 0 aliphatic carbocycles. The molecule has 5 heteroatoms. The van der Waals surface area contributed by atoms with Gasteiger partial charge in [-0.15, -0.1) is 0 Å². The van der Waals surface area contributed by atoms with Gasteiger partial charge in [0, 0.05) is 9.26 Å². The molecule has 2 rings (SSSR count). The molecule has 2 aromatic rings. The Balaban J connectivity index is 2.05. The van der Waals surface area contributed by atoms with Crippen molar-refractivity contribution in [2.45, 2.75) is 6.92 Å². The van der Waals surface area contributed by atoms with Crippen LogP contribution < -0.4 is 10.6 Å². The van der Waals surface area contributed by atoms with Gasteiger partial charge < -0.3 is 10.6 Å². The lowest BCUT2D eigenvalue weighted by Gasteiger charge is -2.09. The number of amides is 2. The van der Waals surface area contributed by atoms with Crippen LogP contribution in [-0.2, 0) is 0 Å². The lowest BCUT2D eigenvalue weighted by Crippen LogP contribution is -2.20. The standard InChI is InChI=1S/C14H12FIN2O/c1-9-3-2-4-11(7-9)17-14(19)18-13-6-5-10(15)8-12(13)16/h2-8H,1H3,(H2,17,18,19). The highest BCUT2D eigenvalue weighted by Crippen LogP contribution is 2.19. The van der Waals surface area contributed by atoms with Gasteiger partial charge in [-0.3, -0.25) is 0 Å². The number of aryl methyl sites for hydroxylation is 1. The van der Waals surface area contributed by atoms with E-state index < -0.39 is 0 Å². The molecule has 2 N–H and O–H groups in total. The highest BCUT2D eigenvalue weighted by atomic mass is 127. The third-order valence-corrected chi connectivity index (χ3v) is 3.35. The molecule has 0 atom stereocenters. The van der Waals surface area contributed by atoms with Gasteiger partial charge in [-0.25, -0.2) is 9.18 Å². The number of nitrogens with one attached hydrogen (secondary N) is 2. The Labute approximate surface area is 124 Å². The van der Waals surface area contributed by atoms with Crippen molar-refractivity contribution in [2.24, 2.45) is 0 Å². The van der Waals surface area contributed by atoms with Crippen LogP contribution in [0.15, 0.2) is 42.5 Å². The summed E-state index contributed by atoms with van der Waals surface area (Å²) in [6.07, 6.45) is 0. The fraction of sp³-hybridized carbons (Fsp3) is 0.0714. The van der Waals surface area contributed by atoms with Gasteiger partial charge in [0.2, 0.25) is 0 Å². The molecule has 0 heterocycles. The molecule has 3 nitrogen and oxygen atoms in total. The molecule has 0 bridgehead atoms. The van der Waals surface area contributed by atoms with E-state index in [2.05, 4.69) is 10.6 Å². The van der Waals surface area contributed by atoms with Crippen molar-refractivity contribution in [3.63, 3.8) is 0 Å². The van der Waals surface area contributed by atoms with Gasteiger partial charge in [-0.05, 0) is 65.4 Å². The van der Waals surface area contributed by atoms with Crippen LogP contribution in [0.25, 0.3) is 0 Å². The Bertz CT molecular complexity index is 616. The number of hydrogen-bond donors (Lipinski definition) is 2. The maximum absolute atomic E-state index is 12.9. The summed E-state index contributed by atoms with van der Waals surface area (Å²) < 4.78 is 13.6. The van der Waals surface area contributed by atoms with Crippen molar-refractivity contribution in [1.82, 2.24) is 0 Å². The summed E-state index contributed by atoms with van der Waals surface area (Å²) in [6.45, 7) is 1.95. The van der Waals surface area contributed by atoms with E-state index in [0.717, 1.165) is 11.3 Å². The predicted molar refractivity (Wildman–Crippen MR) is 82.9 cm³/mol. The summed E-state index contributed by atoms with van der Waals surface area (Å²) in [6, 6.07) is 11.4. The van der Waals surface area contributed by atoms with E-state index in [-0.39, 0.29) is 11.8 Å². The van der Waals surface area contributed by atoms with Crippen molar-refractivity contribution in [3.05, 3.63) is 57.4 Å². The third kappa shape index (κ3) is 3.92. The van der Waals surface area contributed by atoms with Crippen molar-refractivity contribution in [1.29, 1.82) is 0 Å². The number of carbonyl (C=O) groups is 1. The Morgan fingerprint density at radius 3 is 2.63 bits per heavy atom. The van der Waals surface area contributed by atoms with Gasteiger partial charge in [-0.2, -0.15) is 0 Å². The minimum atomic E-state index is -0.352. The van der Waals surface area contributed by atoms with Gasteiger partial charge in [0.1, 0.15) is 5.82 Å². The van der Waals surface area contributed by atoms with Gasteiger partial charge in [0.25, 0.3) is 0 Å². The fourth-order valence-corrected chi connectivity index (χ4v) is 2.21. The summed E-state index contributed by atoms with van der Waals surface area (Å²) in [5.74, 6) is -0.325. The van der Waals surface area contributed by atoms with Crippen molar-refractivity contribution >= 4 is 40.0 Å². The van der Waals surface area contributed by atoms with Crippen LogP contribution in [0.2, 0.25) is 0 Å². The molecular formula is C14H12FIN2O. The lowest BCUT2D eigenvalue weighted by atomic mass is 10.2. The first-order valence-electron chi connectivity index (χ1n) is 5.64. The van der Waals surface area contributed by atoms with Crippen LogP contribution in [-0.4, -0.2) is 6.03 Å². The summed E-state index contributed by atoms with van der Waals surface area (Å²) in [7, 11) is 0. The van der Waals surface area contributed by atoms with Crippen LogP contribution in [0, 0.1) is 16.3 Å². The molecule has 0 aliphatic rings. The second-order valence-corrected chi connectivity index (χ2v) is 5.23. The predicted octanol–water partition coefficient (Wildman–Crippen LogP) is 4.38. The average Bonchev–Trinajstić information content (AvgIpc) is 2.33. The Morgan fingerprint density at radius 2 is 1.95 bits per heavy atom. The molecule has 0 aromatic heterocycles. The maximum atomic E-state index is 12.9. The summed E-state index contributed by atoms with van der Waals surface area (Å²) in [5.41, 5.74) is 2.36. The number of rotatable bonds is 2. The van der Waals surface area contributed by atoms with Gasteiger partial charge in [0.05, 0.1) is 5.69 Å². The fourth-order valence-electron chi connectivity index (χ4n) is 1.60. The van der Waals surface area contributed by atoms with E-state index in [9.17, 15) is 9.18 Å². The first kappa shape index (κ1) is 13.8. The van der Waals surface area contributed by atoms with E-state index >= 15 is 0 Å². The van der Waals surface area contributed by atoms with Crippen LogP contribution in [0.3, 0.4) is 0 Å². The quantitative estimate of drug-likeness (QED) is 0.757. The van der Waals surface area contributed by atoms with Crippen LogP contribution in [0.4, 0.5) is 20.6 Å². The maximum Gasteiger partial charge on any atom is 0.323 e. The van der Waals surface area contributed by atoms with Gasteiger partial charge in [0.15, 0.2) is 0 Å². The van der Waals surface area contributed by atoms with Crippen LogP contribution >= 0.6 is 22.6 Å². The van der Waals surface area contributed by atoms with Gasteiger partial charge in [-0.1, -0.05) is 12.1 Å². The normalized spacial score (nSPS) is 10.1. The molecule has 0 radical (unpaired) electrons. The minimum absolute atomic E-state index is 0.325. The molecule has 2 amide bonds. The highest BCUT2D eigenvalue weighted by Gasteiger charge is 2.06. The molecule has 0 spiro atoms. The average molecular weight is 370 g/mol. The second-order valence-electron chi connectivity index (χ2n) is 4.07. The number of hydrogen-bond acceptors (Lipinski definition) is 1. The topological polar surface area (TPSA) is 41.1 Å². The van der Waals surface area contributed by atoms with Gasteiger partial charge >= 0.3 is 6.03 Å². The largest absolute Gasteiger partial charge is 0.323 e.